The van der Waals surface area contributed by atoms with Crippen LogP contribution in [-0.4, -0.2) is 18.7 Å². The van der Waals surface area contributed by atoms with E-state index >= 15 is 0 Å². The minimum absolute atomic E-state index is 0.148. The molecular weight excluding hydrogens is 258 g/mol. The molecule has 0 spiro atoms. The SMILES string of the molecule is CCCCCC(NCC)C(C)Oc1cccc(Cl)c1. The third-order valence-corrected chi connectivity index (χ3v) is 3.50. The lowest BCUT2D eigenvalue weighted by molar-refractivity contribution is 0.163. The minimum Gasteiger partial charge on any atom is -0.489 e. The number of likely N-dealkylation sites (N-methyl/N-ethyl adjacent to an activating group) is 1. The van der Waals surface area contributed by atoms with Gasteiger partial charge in [0.15, 0.2) is 0 Å². The summed E-state index contributed by atoms with van der Waals surface area (Å²) < 4.78 is 5.99. The van der Waals surface area contributed by atoms with Gasteiger partial charge in [-0.05, 0) is 38.1 Å². The van der Waals surface area contributed by atoms with E-state index in [2.05, 4.69) is 26.1 Å². The van der Waals surface area contributed by atoms with Gasteiger partial charge in [0.1, 0.15) is 11.9 Å². The lowest BCUT2D eigenvalue weighted by Gasteiger charge is -2.26. The number of nitrogens with one attached hydrogen (secondary N) is 1. The van der Waals surface area contributed by atoms with Gasteiger partial charge in [0, 0.05) is 11.1 Å². The standard InChI is InChI=1S/C16H26ClNO/c1-4-6-7-11-16(18-5-2)13(3)19-15-10-8-9-14(17)12-15/h8-10,12-13,16,18H,4-7,11H2,1-3H3. The first-order valence-electron chi connectivity index (χ1n) is 7.33. The molecule has 0 heterocycles. The second-order valence-electron chi connectivity index (χ2n) is 4.94. The molecule has 108 valence electrons. The predicted octanol–water partition coefficient (Wildman–Crippen LogP) is 4.67. The van der Waals surface area contributed by atoms with Crippen LogP contribution in [0, 0.1) is 0 Å². The third kappa shape index (κ3) is 6.31. The van der Waals surface area contributed by atoms with E-state index in [0.717, 1.165) is 23.7 Å². The molecule has 0 aromatic heterocycles. The molecule has 0 bridgehead atoms. The van der Waals surface area contributed by atoms with E-state index in [0.29, 0.717) is 6.04 Å². The summed E-state index contributed by atoms with van der Waals surface area (Å²) in [4.78, 5) is 0. The van der Waals surface area contributed by atoms with Crippen LogP contribution in [0.2, 0.25) is 5.02 Å². The first kappa shape index (κ1) is 16.3. The average Bonchev–Trinajstić information content (AvgIpc) is 2.38. The summed E-state index contributed by atoms with van der Waals surface area (Å²) in [6.45, 7) is 7.47. The van der Waals surface area contributed by atoms with Gasteiger partial charge in [-0.3, -0.25) is 0 Å². The molecule has 0 saturated heterocycles. The van der Waals surface area contributed by atoms with Crippen LogP contribution in [-0.2, 0) is 0 Å². The zero-order valence-corrected chi connectivity index (χ0v) is 13.0. The van der Waals surface area contributed by atoms with Crippen LogP contribution in [0.1, 0.15) is 46.5 Å². The van der Waals surface area contributed by atoms with Gasteiger partial charge in [-0.2, -0.15) is 0 Å². The molecule has 0 saturated carbocycles. The van der Waals surface area contributed by atoms with E-state index in [4.69, 9.17) is 16.3 Å². The normalized spacial score (nSPS) is 14.1. The zero-order chi connectivity index (χ0) is 14.1. The molecule has 0 aliphatic heterocycles. The Morgan fingerprint density at radius 1 is 1.26 bits per heavy atom. The van der Waals surface area contributed by atoms with Crippen molar-refractivity contribution in [2.24, 2.45) is 0 Å². The first-order valence-corrected chi connectivity index (χ1v) is 7.70. The van der Waals surface area contributed by atoms with Crippen molar-refractivity contribution in [3.8, 4) is 5.75 Å². The Balaban J connectivity index is 2.52. The summed E-state index contributed by atoms with van der Waals surface area (Å²) in [5.41, 5.74) is 0. The molecule has 2 unspecified atom stereocenters. The summed E-state index contributed by atoms with van der Waals surface area (Å²) in [5.74, 6) is 0.846. The quantitative estimate of drug-likeness (QED) is 0.665. The van der Waals surface area contributed by atoms with Crippen LogP contribution in [0.4, 0.5) is 0 Å². The maximum Gasteiger partial charge on any atom is 0.121 e. The molecule has 1 aromatic carbocycles. The number of hydrogen-bond acceptors (Lipinski definition) is 2. The molecule has 2 nitrogen and oxygen atoms in total. The molecule has 1 aromatic rings. The van der Waals surface area contributed by atoms with Gasteiger partial charge in [-0.1, -0.05) is 50.8 Å². The van der Waals surface area contributed by atoms with Crippen molar-refractivity contribution in [3.63, 3.8) is 0 Å². The van der Waals surface area contributed by atoms with Crippen molar-refractivity contribution in [2.75, 3.05) is 6.54 Å². The van der Waals surface area contributed by atoms with E-state index in [1.54, 1.807) is 0 Å². The Morgan fingerprint density at radius 3 is 2.68 bits per heavy atom. The Labute approximate surface area is 122 Å². The van der Waals surface area contributed by atoms with Crippen LogP contribution in [0.3, 0.4) is 0 Å². The largest absolute Gasteiger partial charge is 0.489 e. The highest BCUT2D eigenvalue weighted by atomic mass is 35.5. The van der Waals surface area contributed by atoms with E-state index in [9.17, 15) is 0 Å². The Hall–Kier alpha value is -0.730. The molecule has 3 heteroatoms. The van der Waals surface area contributed by atoms with Crippen LogP contribution >= 0.6 is 11.6 Å². The van der Waals surface area contributed by atoms with Gasteiger partial charge in [0.25, 0.3) is 0 Å². The van der Waals surface area contributed by atoms with E-state index < -0.39 is 0 Å². The lowest BCUT2D eigenvalue weighted by Crippen LogP contribution is -2.41. The Morgan fingerprint density at radius 2 is 2.05 bits per heavy atom. The van der Waals surface area contributed by atoms with Crippen molar-refractivity contribution in [3.05, 3.63) is 29.3 Å². The topological polar surface area (TPSA) is 21.3 Å². The van der Waals surface area contributed by atoms with Crippen molar-refractivity contribution in [1.29, 1.82) is 0 Å². The summed E-state index contributed by atoms with van der Waals surface area (Å²) >= 11 is 5.98. The van der Waals surface area contributed by atoms with Crippen LogP contribution in [0.15, 0.2) is 24.3 Å². The second kappa shape index (κ2) is 9.22. The maximum absolute atomic E-state index is 5.99. The van der Waals surface area contributed by atoms with Crippen molar-refractivity contribution in [1.82, 2.24) is 5.32 Å². The molecule has 0 fully saturated rings. The van der Waals surface area contributed by atoms with E-state index in [1.807, 2.05) is 24.3 Å². The lowest BCUT2D eigenvalue weighted by atomic mass is 10.0. The van der Waals surface area contributed by atoms with Crippen molar-refractivity contribution in [2.45, 2.75) is 58.6 Å². The van der Waals surface area contributed by atoms with Crippen molar-refractivity contribution < 1.29 is 4.74 Å². The number of halogens is 1. The highest BCUT2D eigenvalue weighted by molar-refractivity contribution is 6.30. The average molecular weight is 284 g/mol. The maximum atomic E-state index is 5.99. The number of benzene rings is 1. The molecule has 19 heavy (non-hydrogen) atoms. The van der Waals surface area contributed by atoms with Gasteiger partial charge in [-0.15, -0.1) is 0 Å². The highest BCUT2D eigenvalue weighted by Gasteiger charge is 2.17. The van der Waals surface area contributed by atoms with Crippen molar-refractivity contribution >= 4 is 11.6 Å². The zero-order valence-electron chi connectivity index (χ0n) is 12.3. The van der Waals surface area contributed by atoms with Gasteiger partial charge in [0.2, 0.25) is 0 Å². The van der Waals surface area contributed by atoms with Gasteiger partial charge in [0.05, 0.1) is 0 Å². The summed E-state index contributed by atoms with van der Waals surface area (Å²) in [6.07, 6.45) is 5.09. The smallest absolute Gasteiger partial charge is 0.121 e. The highest BCUT2D eigenvalue weighted by Crippen LogP contribution is 2.20. The summed E-state index contributed by atoms with van der Waals surface area (Å²) in [7, 11) is 0. The number of hydrogen-bond donors (Lipinski definition) is 1. The number of unbranched alkanes of at least 4 members (excludes halogenated alkanes) is 2. The van der Waals surface area contributed by atoms with E-state index in [-0.39, 0.29) is 6.10 Å². The third-order valence-electron chi connectivity index (χ3n) is 3.27. The summed E-state index contributed by atoms with van der Waals surface area (Å²) in [5, 5.41) is 4.24. The van der Waals surface area contributed by atoms with Crippen LogP contribution in [0.25, 0.3) is 0 Å². The Kier molecular flexibility index (Phi) is 7.92. The number of rotatable bonds is 9. The van der Waals surface area contributed by atoms with Gasteiger partial charge >= 0.3 is 0 Å². The second-order valence-corrected chi connectivity index (χ2v) is 5.38. The molecule has 0 radical (unpaired) electrons. The molecular formula is C16H26ClNO. The molecule has 2 atom stereocenters. The summed E-state index contributed by atoms with van der Waals surface area (Å²) in [6, 6.07) is 8.01. The molecule has 0 aliphatic carbocycles. The fraction of sp³-hybridized carbons (Fsp3) is 0.625. The Bertz CT molecular complexity index is 356. The molecule has 0 amide bonds. The van der Waals surface area contributed by atoms with Crippen LogP contribution in [0.5, 0.6) is 5.75 Å². The van der Waals surface area contributed by atoms with E-state index in [1.165, 1.54) is 19.3 Å². The molecule has 1 rings (SSSR count). The number of ether oxygens (including phenoxy) is 1. The molecule has 0 aliphatic rings. The monoisotopic (exact) mass is 283 g/mol. The minimum atomic E-state index is 0.148. The fourth-order valence-electron chi connectivity index (χ4n) is 2.22. The van der Waals surface area contributed by atoms with Gasteiger partial charge < -0.3 is 10.1 Å². The van der Waals surface area contributed by atoms with Gasteiger partial charge in [-0.25, -0.2) is 0 Å². The first-order chi connectivity index (χ1) is 9.17. The fourth-order valence-corrected chi connectivity index (χ4v) is 2.40. The predicted molar refractivity (Wildman–Crippen MR) is 83.1 cm³/mol. The van der Waals surface area contributed by atoms with Crippen LogP contribution < -0.4 is 10.1 Å². The molecule has 1 N–H and O–H groups in total.